The van der Waals surface area contributed by atoms with Crippen LogP contribution in [-0.2, 0) is 4.79 Å². The van der Waals surface area contributed by atoms with Crippen molar-refractivity contribution >= 4 is 35.2 Å². The quantitative estimate of drug-likeness (QED) is 0.625. The third kappa shape index (κ3) is 4.20. The maximum atomic E-state index is 12.0. The zero-order valence-electron chi connectivity index (χ0n) is 13.5. The summed E-state index contributed by atoms with van der Waals surface area (Å²) in [6, 6.07) is 17.4. The Morgan fingerprint density at radius 1 is 1.04 bits per heavy atom. The molecule has 0 bridgehead atoms. The molecule has 3 rings (SSSR count). The lowest BCUT2D eigenvalue weighted by Crippen LogP contribution is -2.09. The minimum atomic E-state index is -1.16. The zero-order chi connectivity index (χ0) is 18.5. The second kappa shape index (κ2) is 7.72. The monoisotopic (exact) mass is 367 g/mol. The molecule has 26 heavy (non-hydrogen) atoms. The number of carboxylic acid groups (broad SMARTS) is 1. The Balaban J connectivity index is 1.68. The second-order valence-electron chi connectivity index (χ2n) is 5.39. The van der Waals surface area contributed by atoms with Gasteiger partial charge in [0.25, 0.3) is 0 Å². The molecule has 0 radical (unpaired) electrons. The molecule has 0 aliphatic heterocycles. The number of halogens is 1. The van der Waals surface area contributed by atoms with Crippen molar-refractivity contribution in [2.75, 3.05) is 5.32 Å². The molecule has 0 atom stereocenters. The summed E-state index contributed by atoms with van der Waals surface area (Å²) in [6.45, 7) is 0. The third-order valence-corrected chi connectivity index (χ3v) is 3.88. The van der Waals surface area contributed by atoms with Gasteiger partial charge in [-0.1, -0.05) is 41.9 Å². The van der Waals surface area contributed by atoms with Crippen molar-refractivity contribution in [1.29, 1.82) is 0 Å². The van der Waals surface area contributed by atoms with Crippen LogP contribution in [0.1, 0.15) is 16.1 Å². The topological polar surface area (TPSA) is 79.5 Å². The molecule has 1 heterocycles. The Labute approximate surface area is 154 Å². The maximum Gasteiger partial charge on any atom is 0.337 e. The number of aromatic carboxylic acids is 1. The van der Waals surface area contributed by atoms with Crippen LogP contribution in [0.15, 0.2) is 71.2 Å². The molecule has 0 fully saturated rings. The van der Waals surface area contributed by atoms with Crippen LogP contribution in [0.4, 0.5) is 5.69 Å². The van der Waals surface area contributed by atoms with Gasteiger partial charge in [-0.25, -0.2) is 4.79 Å². The maximum absolute atomic E-state index is 12.0. The normalized spacial score (nSPS) is 10.8. The molecule has 3 aromatic rings. The van der Waals surface area contributed by atoms with E-state index < -0.39 is 11.9 Å². The minimum absolute atomic E-state index is 0.0769. The van der Waals surface area contributed by atoms with E-state index in [1.54, 1.807) is 6.07 Å². The molecule has 130 valence electrons. The molecule has 0 saturated carbocycles. The summed E-state index contributed by atoms with van der Waals surface area (Å²) in [5, 5.41) is 11.7. The summed E-state index contributed by atoms with van der Waals surface area (Å²) in [6.07, 6.45) is 2.85. The zero-order valence-corrected chi connectivity index (χ0v) is 14.2. The Morgan fingerprint density at radius 3 is 2.54 bits per heavy atom. The van der Waals surface area contributed by atoms with Gasteiger partial charge in [0.2, 0.25) is 5.91 Å². The molecule has 2 aromatic carbocycles. The Bertz CT molecular complexity index is 976. The van der Waals surface area contributed by atoms with E-state index in [0.29, 0.717) is 17.2 Å². The molecule has 1 amide bonds. The fraction of sp³-hybridized carbons (Fsp3) is 0. The number of amides is 1. The van der Waals surface area contributed by atoms with E-state index >= 15 is 0 Å². The van der Waals surface area contributed by atoms with Crippen molar-refractivity contribution < 1.29 is 19.1 Å². The van der Waals surface area contributed by atoms with E-state index in [2.05, 4.69) is 5.32 Å². The molecule has 0 unspecified atom stereocenters. The molecule has 1 aromatic heterocycles. The van der Waals surface area contributed by atoms with Crippen molar-refractivity contribution in [3.8, 4) is 11.3 Å². The van der Waals surface area contributed by atoms with Gasteiger partial charge in [0.05, 0.1) is 10.6 Å². The van der Waals surface area contributed by atoms with E-state index in [1.165, 1.54) is 30.4 Å². The van der Waals surface area contributed by atoms with Gasteiger partial charge in [-0.05, 0) is 36.4 Å². The van der Waals surface area contributed by atoms with E-state index in [9.17, 15) is 9.59 Å². The summed E-state index contributed by atoms with van der Waals surface area (Å²) in [5.74, 6) is -0.345. The molecule has 6 heteroatoms. The summed E-state index contributed by atoms with van der Waals surface area (Å²) >= 11 is 5.80. The van der Waals surface area contributed by atoms with E-state index in [-0.39, 0.29) is 10.6 Å². The van der Waals surface area contributed by atoms with Crippen molar-refractivity contribution in [1.82, 2.24) is 0 Å². The molecule has 0 spiro atoms. The van der Waals surface area contributed by atoms with Gasteiger partial charge in [0.15, 0.2) is 0 Å². The van der Waals surface area contributed by atoms with Crippen LogP contribution in [0, 0.1) is 0 Å². The Morgan fingerprint density at radius 2 is 1.81 bits per heavy atom. The van der Waals surface area contributed by atoms with Gasteiger partial charge in [0.1, 0.15) is 11.5 Å². The van der Waals surface area contributed by atoms with Crippen LogP contribution >= 0.6 is 11.6 Å². The molecule has 2 N–H and O–H groups in total. The first kappa shape index (κ1) is 17.5. The number of furan rings is 1. The van der Waals surface area contributed by atoms with Gasteiger partial charge in [-0.2, -0.15) is 0 Å². The highest BCUT2D eigenvalue weighted by Gasteiger charge is 2.10. The third-order valence-electron chi connectivity index (χ3n) is 3.55. The highest BCUT2D eigenvalue weighted by molar-refractivity contribution is 6.33. The standard InChI is InChI=1S/C20H14ClNO4/c21-17-9-6-14(12-16(17)20(24)25)22-19(23)11-8-15-7-10-18(26-15)13-4-2-1-3-5-13/h1-12H,(H,22,23)(H,24,25)/b11-8+. The summed E-state index contributed by atoms with van der Waals surface area (Å²) in [4.78, 5) is 23.1. The number of carboxylic acids is 1. The van der Waals surface area contributed by atoms with Gasteiger partial charge >= 0.3 is 5.97 Å². The van der Waals surface area contributed by atoms with E-state index in [1.807, 2.05) is 36.4 Å². The average Bonchev–Trinajstić information content (AvgIpc) is 3.11. The number of hydrogen-bond acceptors (Lipinski definition) is 3. The van der Waals surface area contributed by atoms with Crippen molar-refractivity contribution in [2.45, 2.75) is 0 Å². The SMILES string of the molecule is O=C(/C=C/c1ccc(-c2ccccc2)o1)Nc1ccc(Cl)c(C(=O)O)c1. The smallest absolute Gasteiger partial charge is 0.337 e. The van der Waals surface area contributed by atoms with Gasteiger partial charge in [-0.3, -0.25) is 4.79 Å². The van der Waals surface area contributed by atoms with Crippen molar-refractivity contribution in [2.24, 2.45) is 0 Å². The molecular formula is C20H14ClNO4. The first-order valence-electron chi connectivity index (χ1n) is 7.70. The molecule has 5 nitrogen and oxygen atoms in total. The van der Waals surface area contributed by atoms with Crippen LogP contribution in [0.3, 0.4) is 0 Å². The number of anilines is 1. The Hall–Kier alpha value is -3.31. The highest BCUT2D eigenvalue weighted by atomic mass is 35.5. The molecular weight excluding hydrogens is 354 g/mol. The lowest BCUT2D eigenvalue weighted by atomic mass is 10.2. The van der Waals surface area contributed by atoms with Crippen molar-refractivity contribution in [3.05, 3.63) is 83.1 Å². The first-order chi connectivity index (χ1) is 12.5. The molecule has 0 aliphatic rings. The van der Waals surface area contributed by atoms with Crippen LogP contribution < -0.4 is 5.32 Å². The van der Waals surface area contributed by atoms with Crippen molar-refractivity contribution in [3.63, 3.8) is 0 Å². The van der Waals surface area contributed by atoms with E-state index in [0.717, 1.165) is 5.56 Å². The fourth-order valence-corrected chi connectivity index (χ4v) is 2.51. The van der Waals surface area contributed by atoms with Gasteiger partial charge in [0, 0.05) is 17.3 Å². The number of carbonyl (C=O) groups excluding carboxylic acids is 1. The number of carbonyl (C=O) groups is 2. The van der Waals surface area contributed by atoms with Crippen LogP contribution in [0.5, 0.6) is 0 Å². The molecule has 0 aliphatic carbocycles. The summed E-state index contributed by atoms with van der Waals surface area (Å²) in [5.41, 5.74) is 1.21. The van der Waals surface area contributed by atoms with Crippen LogP contribution in [0.25, 0.3) is 17.4 Å². The van der Waals surface area contributed by atoms with Gasteiger partial charge < -0.3 is 14.8 Å². The number of nitrogens with one attached hydrogen (secondary N) is 1. The first-order valence-corrected chi connectivity index (χ1v) is 8.08. The predicted molar refractivity (Wildman–Crippen MR) is 100 cm³/mol. The predicted octanol–water partition coefficient (Wildman–Crippen LogP) is 4.95. The minimum Gasteiger partial charge on any atom is -0.478 e. The fourth-order valence-electron chi connectivity index (χ4n) is 2.31. The largest absolute Gasteiger partial charge is 0.478 e. The summed E-state index contributed by atoms with van der Waals surface area (Å²) in [7, 11) is 0. The number of benzene rings is 2. The highest BCUT2D eigenvalue weighted by Crippen LogP contribution is 2.23. The number of hydrogen-bond donors (Lipinski definition) is 2. The lowest BCUT2D eigenvalue weighted by molar-refractivity contribution is -0.111. The summed E-state index contributed by atoms with van der Waals surface area (Å²) < 4.78 is 5.67. The second-order valence-corrected chi connectivity index (χ2v) is 5.80. The number of rotatable bonds is 5. The molecule has 0 saturated heterocycles. The van der Waals surface area contributed by atoms with Crippen LogP contribution in [0.2, 0.25) is 5.02 Å². The van der Waals surface area contributed by atoms with E-state index in [4.69, 9.17) is 21.1 Å². The average molecular weight is 368 g/mol. The lowest BCUT2D eigenvalue weighted by Gasteiger charge is -2.04. The Kier molecular flexibility index (Phi) is 5.20. The van der Waals surface area contributed by atoms with Crippen LogP contribution in [-0.4, -0.2) is 17.0 Å². The van der Waals surface area contributed by atoms with Gasteiger partial charge in [-0.15, -0.1) is 0 Å².